The van der Waals surface area contributed by atoms with Crippen molar-refractivity contribution in [3.8, 4) is 0 Å². The first-order valence-electron chi connectivity index (χ1n) is 7.57. The second kappa shape index (κ2) is 6.58. The van der Waals surface area contributed by atoms with E-state index in [0.29, 0.717) is 18.8 Å². The molecule has 6 heteroatoms. The van der Waals surface area contributed by atoms with Gasteiger partial charge in [-0.15, -0.1) is 0 Å². The van der Waals surface area contributed by atoms with Gasteiger partial charge in [0, 0.05) is 44.6 Å². The largest absolute Gasteiger partial charge is 0.416 e. The number of pyridine rings is 1. The third-order valence-electron chi connectivity index (χ3n) is 4.02. The summed E-state index contributed by atoms with van der Waals surface area (Å²) < 4.78 is 38.4. The Bertz CT molecular complexity index is 635. The van der Waals surface area contributed by atoms with Gasteiger partial charge in [-0.05, 0) is 30.3 Å². The predicted molar refractivity (Wildman–Crippen MR) is 83.2 cm³/mol. The topological polar surface area (TPSA) is 19.4 Å². The molecule has 0 bridgehead atoms. The molecule has 3 nitrogen and oxygen atoms in total. The number of rotatable bonds is 3. The first-order valence-corrected chi connectivity index (χ1v) is 7.57. The van der Waals surface area contributed by atoms with Crippen molar-refractivity contribution in [2.75, 3.05) is 31.1 Å². The SMILES string of the molecule is FC(F)(F)c1cccc(N2CCN(Cc3ccccn3)CC2)c1. The van der Waals surface area contributed by atoms with Crippen LogP contribution in [0.3, 0.4) is 0 Å². The zero-order chi connectivity index (χ0) is 16.3. The molecule has 3 rings (SSSR count). The van der Waals surface area contributed by atoms with Crippen molar-refractivity contribution in [3.63, 3.8) is 0 Å². The second-order valence-electron chi connectivity index (χ2n) is 5.63. The summed E-state index contributed by atoms with van der Waals surface area (Å²) in [5, 5.41) is 0. The van der Waals surface area contributed by atoms with Gasteiger partial charge in [-0.2, -0.15) is 13.2 Å². The van der Waals surface area contributed by atoms with Crippen molar-refractivity contribution < 1.29 is 13.2 Å². The molecular formula is C17H18F3N3. The standard InChI is InChI=1S/C17H18F3N3/c18-17(19,20)14-4-3-6-16(12-14)23-10-8-22(9-11-23)13-15-5-1-2-7-21-15/h1-7,12H,8-11,13H2. The lowest BCUT2D eigenvalue weighted by molar-refractivity contribution is -0.137. The number of piperazine rings is 1. The van der Waals surface area contributed by atoms with E-state index in [1.54, 1.807) is 12.3 Å². The van der Waals surface area contributed by atoms with Crippen LogP contribution in [0, 0.1) is 0 Å². The zero-order valence-corrected chi connectivity index (χ0v) is 12.6. The Balaban J connectivity index is 1.61. The van der Waals surface area contributed by atoms with Gasteiger partial charge in [0.15, 0.2) is 0 Å². The molecule has 1 aromatic heterocycles. The number of anilines is 1. The van der Waals surface area contributed by atoms with Crippen molar-refractivity contribution in [2.45, 2.75) is 12.7 Å². The molecule has 0 saturated carbocycles. The molecule has 0 atom stereocenters. The number of benzene rings is 1. The zero-order valence-electron chi connectivity index (χ0n) is 12.6. The normalized spacial score (nSPS) is 16.6. The van der Waals surface area contributed by atoms with Crippen LogP contribution in [-0.4, -0.2) is 36.1 Å². The van der Waals surface area contributed by atoms with E-state index in [0.717, 1.165) is 31.4 Å². The van der Waals surface area contributed by atoms with Crippen LogP contribution in [0.2, 0.25) is 0 Å². The molecule has 2 heterocycles. The first kappa shape index (κ1) is 15.8. The van der Waals surface area contributed by atoms with E-state index in [1.807, 2.05) is 23.1 Å². The average molecular weight is 321 g/mol. The Morgan fingerprint density at radius 3 is 2.39 bits per heavy atom. The molecule has 0 unspecified atom stereocenters. The summed E-state index contributed by atoms with van der Waals surface area (Å²) in [6.45, 7) is 3.83. The number of aromatic nitrogens is 1. The second-order valence-corrected chi connectivity index (χ2v) is 5.63. The van der Waals surface area contributed by atoms with Crippen LogP contribution in [0.5, 0.6) is 0 Å². The van der Waals surface area contributed by atoms with Crippen LogP contribution in [-0.2, 0) is 12.7 Å². The minimum Gasteiger partial charge on any atom is -0.369 e. The molecular weight excluding hydrogens is 303 g/mol. The van der Waals surface area contributed by atoms with Crippen LogP contribution in [0.4, 0.5) is 18.9 Å². The molecule has 0 radical (unpaired) electrons. The van der Waals surface area contributed by atoms with Gasteiger partial charge < -0.3 is 4.90 Å². The van der Waals surface area contributed by atoms with E-state index in [-0.39, 0.29) is 0 Å². The molecule has 1 saturated heterocycles. The summed E-state index contributed by atoms with van der Waals surface area (Å²) >= 11 is 0. The predicted octanol–water partition coefficient (Wildman–Crippen LogP) is 3.42. The van der Waals surface area contributed by atoms with Crippen LogP contribution >= 0.6 is 0 Å². The molecule has 1 fully saturated rings. The molecule has 0 aliphatic carbocycles. The van der Waals surface area contributed by atoms with Gasteiger partial charge in [0.1, 0.15) is 0 Å². The molecule has 0 amide bonds. The highest BCUT2D eigenvalue weighted by molar-refractivity contribution is 5.49. The number of hydrogen-bond donors (Lipinski definition) is 0. The lowest BCUT2D eigenvalue weighted by atomic mass is 10.1. The third-order valence-corrected chi connectivity index (χ3v) is 4.02. The van der Waals surface area contributed by atoms with E-state index >= 15 is 0 Å². The van der Waals surface area contributed by atoms with Gasteiger partial charge in [-0.3, -0.25) is 9.88 Å². The summed E-state index contributed by atoms with van der Waals surface area (Å²) in [7, 11) is 0. The highest BCUT2D eigenvalue weighted by Crippen LogP contribution is 2.31. The number of nitrogens with zero attached hydrogens (tertiary/aromatic N) is 3. The number of hydrogen-bond acceptors (Lipinski definition) is 3. The molecule has 0 N–H and O–H groups in total. The molecule has 1 aliphatic rings. The van der Waals surface area contributed by atoms with Crippen molar-refractivity contribution in [1.82, 2.24) is 9.88 Å². The molecule has 2 aromatic rings. The quantitative estimate of drug-likeness (QED) is 0.863. The van der Waals surface area contributed by atoms with Gasteiger partial charge >= 0.3 is 6.18 Å². The maximum atomic E-state index is 12.8. The maximum Gasteiger partial charge on any atom is 0.416 e. The molecule has 122 valence electrons. The van der Waals surface area contributed by atoms with E-state index in [9.17, 15) is 13.2 Å². The smallest absolute Gasteiger partial charge is 0.369 e. The fraction of sp³-hybridized carbons (Fsp3) is 0.353. The fourth-order valence-corrected chi connectivity index (χ4v) is 2.76. The van der Waals surface area contributed by atoms with Gasteiger partial charge in [0.2, 0.25) is 0 Å². The summed E-state index contributed by atoms with van der Waals surface area (Å²) in [6, 6.07) is 11.4. The lowest BCUT2D eigenvalue weighted by Crippen LogP contribution is -2.46. The third kappa shape index (κ3) is 4.01. The van der Waals surface area contributed by atoms with Crippen molar-refractivity contribution >= 4 is 5.69 Å². The maximum absolute atomic E-state index is 12.8. The number of alkyl halides is 3. The van der Waals surface area contributed by atoms with Gasteiger partial charge in [0.05, 0.1) is 11.3 Å². The van der Waals surface area contributed by atoms with Crippen LogP contribution in [0.1, 0.15) is 11.3 Å². The lowest BCUT2D eigenvalue weighted by Gasteiger charge is -2.36. The van der Waals surface area contributed by atoms with Crippen LogP contribution < -0.4 is 4.90 Å². The highest BCUT2D eigenvalue weighted by atomic mass is 19.4. The van der Waals surface area contributed by atoms with Crippen LogP contribution in [0.25, 0.3) is 0 Å². The van der Waals surface area contributed by atoms with Gasteiger partial charge in [-0.25, -0.2) is 0 Å². The van der Waals surface area contributed by atoms with E-state index in [4.69, 9.17) is 0 Å². The Hall–Kier alpha value is -2.08. The van der Waals surface area contributed by atoms with Crippen molar-refractivity contribution in [3.05, 3.63) is 59.9 Å². The Labute approximate surface area is 133 Å². The average Bonchev–Trinajstić information content (AvgIpc) is 2.56. The van der Waals surface area contributed by atoms with Crippen LogP contribution in [0.15, 0.2) is 48.7 Å². The molecule has 1 aliphatic heterocycles. The molecule has 1 aromatic carbocycles. The van der Waals surface area contributed by atoms with Gasteiger partial charge in [-0.1, -0.05) is 12.1 Å². The first-order chi connectivity index (χ1) is 11.0. The number of halogens is 3. The summed E-state index contributed by atoms with van der Waals surface area (Å²) in [6.07, 6.45) is -2.52. The molecule has 23 heavy (non-hydrogen) atoms. The summed E-state index contributed by atoms with van der Waals surface area (Å²) in [4.78, 5) is 8.58. The van der Waals surface area contributed by atoms with Crippen molar-refractivity contribution in [2.24, 2.45) is 0 Å². The van der Waals surface area contributed by atoms with E-state index in [2.05, 4.69) is 9.88 Å². The highest BCUT2D eigenvalue weighted by Gasteiger charge is 2.31. The van der Waals surface area contributed by atoms with Gasteiger partial charge in [0.25, 0.3) is 0 Å². The summed E-state index contributed by atoms with van der Waals surface area (Å²) in [5.74, 6) is 0. The fourth-order valence-electron chi connectivity index (χ4n) is 2.76. The minimum atomic E-state index is -4.29. The summed E-state index contributed by atoms with van der Waals surface area (Å²) in [5.41, 5.74) is 1.06. The monoisotopic (exact) mass is 321 g/mol. The Morgan fingerprint density at radius 1 is 0.957 bits per heavy atom. The molecule has 0 spiro atoms. The minimum absolute atomic E-state index is 0.592. The Kier molecular flexibility index (Phi) is 4.52. The van der Waals surface area contributed by atoms with Crippen molar-refractivity contribution in [1.29, 1.82) is 0 Å². The van der Waals surface area contributed by atoms with E-state index < -0.39 is 11.7 Å². The van der Waals surface area contributed by atoms with E-state index in [1.165, 1.54) is 12.1 Å². The Morgan fingerprint density at radius 2 is 1.74 bits per heavy atom.